The minimum Gasteiger partial charge on any atom is -0.480 e. The van der Waals surface area contributed by atoms with Gasteiger partial charge in [-0.2, -0.15) is 0 Å². The molecule has 23 heavy (non-hydrogen) atoms. The van der Waals surface area contributed by atoms with Crippen LogP contribution in [0.15, 0.2) is 36.9 Å². The molecule has 0 saturated carbocycles. The highest BCUT2D eigenvalue weighted by Gasteiger charge is 2.23. The fraction of sp³-hybridized carbons (Fsp3) is 0.353. The van der Waals surface area contributed by atoms with Gasteiger partial charge in [0.05, 0.1) is 0 Å². The molecule has 2 N–H and O–H groups in total. The molecule has 0 radical (unpaired) electrons. The van der Waals surface area contributed by atoms with E-state index in [1.165, 1.54) is 0 Å². The number of nitrogens with one attached hydrogen (secondary N) is 1. The van der Waals surface area contributed by atoms with Gasteiger partial charge >= 0.3 is 5.97 Å². The van der Waals surface area contributed by atoms with Gasteiger partial charge in [0.15, 0.2) is 0 Å². The van der Waals surface area contributed by atoms with E-state index in [0.717, 1.165) is 12.1 Å². The van der Waals surface area contributed by atoms with Crippen molar-refractivity contribution in [1.82, 2.24) is 5.32 Å². The molecule has 1 aromatic rings. The van der Waals surface area contributed by atoms with Crippen LogP contribution in [0, 0.1) is 0 Å². The number of hydrogen-bond acceptors (Lipinski definition) is 3. The van der Waals surface area contributed by atoms with Gasteiger partial charge in [-0.25, -0.2) is 4.79 Å². The van der Waals surface area contributed by atoms with Gasteiger partial charge in [0, 0.05) is 24.2 Å². The van der Waals surface area contributed by atoms with Gasteiger partial charge in [-0.05, 0) is 43.5 Å². The molecular formula is C17H20N2O4. The van der Waals surface area contributed by atoms with Crippen molar-refractivity contribution in [3.8, 4) is 0 Å². The van der Waals surface area contributed by atoms with Gasteiger partial charge in [0.25, 0.3) is 5.91 Å². The summed E-state index contributed by atoms with van der Waals surface area (Å²) >= 11 is 0. The minimum absolute atomic E-state index is 0.0811. The Bertz CT molecular complexity index is 610. The topological polar surface area (TPSA) is 86.7 Å². The van der Waals surface area contributed by atoms with Gasteiger partial charge in [-0.3, -0.25) is 9.59 Å². The molecule has 1 heterocycles. The quantitative estimate of drug-likeness (QED) is 0.753. The summed E-state index contributed by atoms with van der Waals surface area (Å²) in [5, 5.41) is 11.6. The first kappa shape index (κ1) is 16.7. The maximum Gasteiger partial charge on any atom is 0.326 e. The lowest BCUT2D eigenvalue weighted by molar-refractivity contribution is -0.139. The van der Waals surface area contributed by atoms with Crippen LogP contribution in [0.25, 0.3) is 0 Å². The molecule has 1 aliphatic heterocycles. The number of carboxylic acids is 1. The molecule has 1 atom stereocenters. The van der Waals surface area contributed by atoms with Gasteiger partial charge in [-0.15, -0.1) is 6.58 Å². The number of carbonyl (C=O) groups excluding carboxylic acids is 2. The lowest BCUT2D eigenvalue weighted by atomic mass is 10.1. The largest absolute Gasteiger partial charge is 0.480 e. The number of anilines is 1. The molecule has 0 aliphatic carbocycles. The number of carbonyl (C=O) groups is 3. The third-order valence-electron chi connectivity index (χ3n) is 3.78. The summed E-state index contributed by atoms with van der Waals surface area (Å²) in [6, 6.07) is 5.67. The van der Waals surface area contributed by atoms with Crippen LogP contribution < -0.4 is 10.2 Å². The second-order valence-electron chi connectivity index (χ2n) is 5.43. The Labute approximate surface area is 134 Å². The second-order valence-corrected chi connectivity index (χ2v) is 5.43. The first-order valence-electron chi connectivity index (χ1n) is 7.58. The highest BCUT2D eigenvalue weighted by Crippen LogP contribution is 2.21. The number of benzene rings is 1. The van der Waals surface area contributed by atoms with E-state index in [1.54, 1.807) is 35.2 Å². The summed E-state index contributed by atoms with van der Waals surface area (Å²) in [7, 11) is 0. The van der Waals surface area contributed by atoms with Crippen LogP contribution >= 0.6 is 0 Å². The monoisotopic (exact) mass is 316 g/mol. The summed E-state index contributed by atoms with van der Waals surface area (Å²) in [6.07, 6.45) is 3.80. The lowest BCUT2D eigenvalue weighted by Gasteiger charge is -2.17. The van der Waals surface area contributed by atoms with Crippen LogP contribution in [0.4, 0.5) is 5.69 Å². The van der Waals surface area contributed by atoms with E-state index in [0.29, 0.717) is 31.4 Å². The van der Waals surface area contributed by atoms with E-state index in [-0.39, 0.29) is 5.91 Å². The van der Waals surface area contributed by atoms with Crippen molar-refractivity contribution in [2.75, 3.05) is 11.4 Å². The molecule has 1 unspecified atom stereocenters. The average molecular weight is 316 g/mol. The van der Waals surface area contributed by atoms with E-state index in [4.69, 9.17) is 5.11 Å². The predicted octanol–water partition coefficient (Wildman–Crippen LogP) is 1.96. The zero-order valence-corrected chi connectivity index (χ0v) is 12.8. The highest BCUT2D eigenvalue weighted by atomic mass is 16.4. The third kappa shape index (κ3) is 4.18. The smallest absolute Gasteiger partial charge is 0.326 e. The first-order valence-corrected chi connectivity index (χ1v) is 7.58. The number of allylic oxidation sites excluding steroid dienone is 1. The molecule has 1 aliphatic rings. The van der Waals surface area contributed by atoms with E-state index in [1.807, 2.05) is 0 Å². The zero-order chi connectivity index (χ0) is 16.8. The van der Waals surface area contributed by atoms with Crippen molar-refractivity contribution in [1.29, 1.82) is 0 Å². The van der Waals surface area contributed by atoms with Crippen LogP contribution in [0.3, 0.4) is 0 Å². The molecule has 6 heteroatoms. The Balaban J connectivity index is 2.03. The maximum absolute atomic E-state index is 12.1. The van der Waals surface area contributed by atoms with Crippen LogP contribution in [0.5, 0.6) is 0 Å². The van der Waals surface area contributed by atoms with E-state index in [9.17, 15) is 14.4 Å². The van der Waals surface area contributed by atoms with Crippen molar-refractivity contribution >= 4 is 23.5 Å². The van der Waals surface area contributed by atoms with Crippen molar-refractivity contribution in [2.45, 2.75) is 31.7 Å². The Morgan fingerprint density at radius 2 is 2.04 bits per heavy atom. The normalized spacial score (nSPS) is 15.3. The van der Waals surface area contributed by atoms with Crippen molar-refractivity contribution in [3.05, 3.63) is 42.5 Å². The van der Waals surface area contributed by atoms with Gasteiger partial charge < -0.3 is 15.3 Å². The predicted molar refractivity (Wildman–Crippen MR) is 86.4 cm³/mol. The Kier molecular flexibility index (Phi) is 5.51. The number of amides is 2. The van der Waals surface area contributed by atoms with Gasteiger partial charge in [0.1, 0.15) is 6.04 Å². The second kappa shape index (κ2) is 7.58. The first-order chi connectivity index (χ1) is 11.0. The molecule has 6 nitrogen and oxygen atoms in total. The molecule has 0 spiro atoms. The van der Waals surface area contributed by atoms with Crippen LogP contribution in [-0.4, -0.2) is 35.5 Å². The van der Waals surface area contributed by atoms with E-state index >= 15 is 0 Å². The fourth-order valence-electron chi connectivity index (χ4n) is 2.50. The van der Waals surface area contributed by atoms with E-state index in [2.05, 4.69) is 11.9 Å². The maximum atomic E-state index is 12.1. The number of aliphatic carboxylic acids is 1. The average Bonchev–Trinajstić information content (AvgIpc) is 2.97. The van der Waals surface area contributed by atoms with Crippen LogP contribution in [0.2, 0.25) is 0 Å². The summed E-state index contributed by atoms with van der Waals surface area (Å²) in [5.41, 5.74) is 1.12. The Morgan fingerprint density at radius 3 is 2.57 bits per heavy atom. The summed E-state index contributed by atoms with van der Waals surface area (Å²) in [6.45, 7) is 4.23. The third-order valence-corrected chi connectivity index (χ3v) is 3.78. The van der Waals surface area contributed by atoms with E-state index < -0.39 is 17.9 Å². The number of rotatable bonds is 7. The molecule has 122 valence electrons. The molecule has 0 aromatic heterocycles. The molecule has 2 amide bonds. The van der Waals surface area contributed by atoms with Gasteiger partial charge in [-0.1, -0.05) is 6.08 Å². The summed E-state index contributed by atoms with van der Waals surface area (Å²) in [5.74, 6) is -1.43. The molecule has 1 fully saturated rings. The number of nitrogens with zero attached hydrogens (tertiary/aromatic N) is 1. The fourth-order valence-corrected chi connectivity index (χ4v) is 2.50. The SMILES string of the molecule is C=CCCC(NC(=O)c1ccc(N2CCCC2=O)cc1)C(=O)O. The number of hydrogen-bond donors (Lipinski definition) is 2. The highest BCUT2D eigenvalue weighted by molar-refractivity contribution is 5.98. The van der Waals surface area contributed by atoms with Crippen LogP contribution in [-0.2, 0) is 9.59 Å². The molecule has 1 saturated heterocycles. The Morgan fingerprint density at radius 1 is 1.35 bits per heavy atom. The van der Waals surface area contributed by atoms with Crippen LogP contribution in [0.1, 0.15) is 36.0 Å². The molecule has 1 aromatic carbocycles. The summed E-state index contributed by atoms with van der Waals surface area (Å²) < 4.78 is 0. The number of carboxylic acid groups (broad SMARTS) is 1. The Hall–Kier alpha value is -2.63. The zero-order valence-electron chi connectivity index (χ0n) is 12.8. The molecule has 2 rings (SSSR count). The molecule has 0 bridgehead atoms. The summed E-state index contributed by atoms with van der Waals surface area (Å²) in [4.78, 5) is 36.7. The minimum atomic E-state index is -1.07. The van der Waals surface area contributed by atoms with Crippen molar-refractivity contribution in [2.24, 2.45) is 0 Å². The van der Waals surface area contributed by atoms with Crippen molar-refractivity contribution < 1.29 is 19.5 Å². The lowest BCUT2D eigenvalue weighted by Crippen LogP contribution is -2.40. The molecular weight excluding hydrogens is 296 g/mol. The van der Waals surface area contributed by atoms with Crippen molar-refractivity contribution in [3.63, 3.8) is 0 Å². The van der Waals surface area contributed by atoms with Gasteiger partial charge in [0.2, 0.25) is 5.91 Å². The standard InChI is InChI=1S/C17H20N2O4/c1-2-3-5-14(17(22)23)18-16(21)12-7-9-13(10-8-12)19-11-4-6-15(19)20/h2,7-10,14H,1,3-6,11H2,(H,18,21)(H,22,23).